The number of amides is 1. The molecule has 5 nitrogen and oxygen atoms in total. The van der Waals surface area contributed by atoms with E-state index in [4.69, 9.17) is 0 Å². The Bertz CT molecular complexity index is 675. The van der Waals surface area contributed by atoms with Crippen molar-refractivity contribution in [2.24, 2.45) is 0 Å². The number of aliphatic hydroxyl groups is 1. The first-order chi connectivity index (χ1) is 11.1. The number of carbonyl (C=O) groups excluding carboxylic acids is 1. The molecule has 2 N–H and O–H groups in total. The molecule has 6 heteroatoms. The number of carbonyl (C=O) groups is 1. The highest BCUT2D eigenvalue weighted by Crippen LogP contribution is 2.26. The van der Waals surface area contributed by atoms with Crippen molar-refractivity contribution in [3.05, 3.63) is 47.8 Å². The van der Waals surface area contributed by atoms with Gasteiger partial charge in [0.05, 0.1) is 17.5 Å². The van der Waals surface area contributed by atoms with Gasteiger partial charge in [0.1, 0.15) is 0 Å². The normalized spacial score (nSPS) is 17.0. The number of aromatic nitrogens is 2. The molecule has 1 amide bonds. The number of nitrogens with one attached hydrogen (secondary N) is 1. The summed E-state index contributed by atoms with van der Waals surface area (Å²) in [4.78, 5) is 12.2. The zero-order valence-electron chi connectivity index (χ0n) is 13.2. The molecule has 1 aromatic heterocycles. The van der Waals surface area contributed by atoms with Gasteiger partial charge in [-0.3, -0.25) is 4.79 Å². The van der Waals surface area contributed by atoms with E-state index in [1.165, 1.54) is 0 Å². The van der Waals surface area contributed by atoms with E-state index in [0.717, 1.165) is 35.6 Å². The molecule has 1 saturated heterocycles. The van der Waals surface area contributed by atoms with Crippen LogP contribution in [0.25, 0.3) is 5.69 Å². The average Bonchev–Trinajstić information content (AvgIpc) is 3.00. The first kappa shape index (κ1) is 16.1. The first-order valence-corrected chi connectivity index (χ1v) is 8.91. The molecule has 0 radical (unpaired) electrons. The fourth-order valence-corrected chi connectivity index (χ4v) is 3.85. The molecule has 0 aliphatic carbocycles. The minimum atomic E-state index is -0.757. The summed E-state index contributed by atoms with van der Waals surface area (Å²) in [6, 6.07) is 7.30. The Labute approximate surface area is 140 Å². The second kappa shape index (κ2) is 6.76. The van der Waals surface area contributed by atoms with Crippen LogP contribution in [0.5, 0.6) is 0 Å². The maximum atomic E-state index is 12.2. The first-order valence-electron chi connectivity index (χ1n) is 7.76. The summed E-state index contributed by atoms with van der Waals surface area (Å²) in [6.45, 7) is 2.30. The molecular weight excluding hydrogens is 310 g/mol. The monoisotopic (exact) mass is 331 g/mol. The van der Waals surface area contributed by atoms with Crippen LogP contribution in [0, 0.1) is 6.92 Å². The molecule has 0 atom stereocenters. The largest absolute Gasteiger partial charge is 0.388 e. The number of hydrogen-bond donors (Lipinski definition) is 2. The highest BCUT2D eigenvalue weighted by Gasteiger charge is 2.29. The Morgan fingerprint density at radius 2 is 2.04 bits per heavy atom. The Morgan fingerprint density at radius 3 is 2.65 bits per heavy atom. The zero-order valence-corrected chi connectivity index (χ0v) is 14.0. The Morgan fingerprint density at radius 1 is 1.35 bits per heavy atom. The number of nitrogens with zero attached hydrogens (tertiary/aromatic N) is 2. The van der Waals surface area contributed by atoms with E-state index in [9.17, 15) is 9.90 Å². The molecule has 1 aliphatic rings. The van der Waals surface area contributed by atoms with Gasteiger partial charge in [0.15, 0.2) is 0 Å². The third-order valence-corrected chi connectivity index (χ3v) is 5.09. The van der Waals surface area contributed by atoms with Crippen LogP contribution in [0.4, 0.5) is 0 Å². The quantitative estimate of drug-likeness (QED) is 0.901. The summed E-state index contributed by atoms with van der Waals surface area (Å²) in [5.41, 5.74) is 1.84. The van der Waals surface area contributed by atoms with Crippen LogP contribution in [-0.4, -0.2) is 44.4 Å². The van der Waals surface area contributed by atoms with Crippen molar-refractivity contribution in [2.75, 3.05) is 18.1 Å². The van der Waals surface area contributed by atoms with Crippen molar-refractivity contribution in [3.8, 4) is 5.69 Å². The van der Waals surface area contributed by atoms with E-state index in [2.05, 4.69) is 10.4 Å². The van der Waals surface area contributed by atoms with Gasteiger partial charge in [-0.1, -0.05) is 0 Å². The lowest BCUT2D eigenvalue weighted by Gasteiger charge is -2.31. The lowest BCUT2D eigenvalue weighted by Crippen LogP contribution is -2.45. The topological polar surface area (TPSA) is 67.2 Å². The van der Waals surface area contributed by atoms with Gasteiger partial charge in [-0.25, -0.2) is 4.68 Å². The molecule has 23 heavy (non-hydrogen) atoms. The second-order valence-electron chi connectivity index (χ2n) is 6.03. The van der Waals surface area contributed by atoms with Crippen molar-refractivity contribution in [2.45, 2.75) is 25.4 Å². The Balaban J connectivity index is 1.61. The van der Waals surface area contributed by atoms with Crippen molar-refractivity contribution in [1.82, 2.24) is 15.1 Å². The van der Waals surface area contributed by atoms with Gasteiger partial charge >= 0.3 is 0 Å². The number of benzene rings is 1. The van der Waals surface area contributed by atoms with Gasteiger partial charge in [0.25, 0.3) is 5.91 Å². The van der Waals surface area contributed by atoms with Crippen molar-refractivity contribution < 1.29 is 9.90 Å². The molecule has 2 heterocycles. The average molecular weight is 331 g/mol. The molecule has 1 fully saturated rings. The van der Waals surface area contributed by atoms with Crippen LogP contribution < -0.4 is 5.32 Å². The molecule has 122 valence electrons. The van der Waals surface area contributed by atoms with Crippen LogP contribution in [0.2, 0.25) is 0 Å². The minimum absolute atomic E-state index is 0.153. The summed E-state index contributed by atoms with van der Waals surface area (Å²) in [5.74, 6) is 1.74. The maximum absolute atomic E-state index is 12.2. The predicted octanol–water partition coefficient (Wildman–Crippen LogP) is 2.17. The molecule has 0 unspecified atom stereocenters. The fraction of sp³-hybridized carbons (Fsp3) is 0.412. The van der Waals surface area contributed by atoms with Crippen LogP contribution in [-0.2, 0) is 0 Å². The molecule has 3 rings (SSSR count). The van der Waals surface area contributed by atoms with Gasteiger partial charge in [0.2, 0.25) is 0 Å². The summed E-state index contributed by atoms with van der Waals surface area (Å²) in [5, 5.41) is 17.5. The van der Waals surface area contributed by atoms with Gasteiger partial charge in [0, 0.05) is 18.3 Å². The summed E-state index contributed by atoms with van der Waals surface area (Å²) < 4.78 is 1.78. The summed E-state index contributed by atoms with van der Waals surface area (Å²) in [7, 11) is 0. The van der Waals surface area contributed by atoms with Crippen molar-refractivity contribution in [1.29, 1.82) is 0 Å². The van der Waals surface area contributed by atoms with Gasteiger partial charge < -0.3 is 10.4 Å². The predicted molar refractivity (Wildman–Crippen MR) is 92.1 cm³/mol. The number of rotatable bonds is 4. The number of thioether (sulfide) groups is 1. The summed E-state index contributed by atoms with van der Waals surface area (Å²) >= 11 is 1.85. The van der Waals surface area contributed by atoms with Crippen LogP contribution >= 0.6 is 11.8 Å². The smallest absolute Gasteiger partial charge is 0.251 e. The SMILES string of the molecule is Cc1cnn(-c2ccc(C(=O)NCC3(O)CCSCC3)cc2)c1. The van der Waals surface area contributed by atoms with E-state index in [-0.39, 0.29) is 5.91 Å². The molecule has 1 aromatic carbocycles. The third-order valence-electron chi connectivity index (χ3n) is 4.11. The maximum Gasteiger partial charge on any atom is 0.251 e. The van der Waals surface area contributed by atoms with E-state index in [0.29, 0.717) is 12.1 Å². The Kier molecular flexibility index (Phi) is 4.73. The Hall–Kier alpha value is -1.79. The van der Waals surface area contributed by atoms with E-state index in [1.54, 1.807) is 23.0 Å². The van der Waals surface area contributed by atoms with Crippen LogP contribution in [0.1, 0.15) is 28.8 Å². The van der Waals surface area contributed by atoms with Crippen molar-refractivity contribution >= 4 is 17.7 Å². The number of hydrogen-bond acceptors (Lipinski definition) is 4. The third kappa shape index (κ3) is 3.95. The standard InChI is InChI=1S/C17H21N3O2S/c1-13-10-19-20(11-13)15-4-2-14(3-5-15)16(21)18-12-17(22)6-8-23-9-7-17/h2-5,10-11,22H,6-9,12H2,1H3,(H,18,21). The second-order valence-corrected chi connectivity index (χ2v) is 7.25. The molecule has 0 spiro atoms. The van der Waals surface area contributed by atoms with E-state index >= 15 is 0 Å². The lowest BCUT2D eigenvalue weighted by atomic mass is 9.97. The number of aryl methyl sites for hydroxylation is 1. The molecule has 0 bridgehead atoms. The van der Waals surface area contributed by atoms with Crippen molar-refractivity contribution in [3.63, 3.8) is 0 Å². The van der Waals surface area contributed by atoms with Crippen LogP contribution in [0.15, 0.2) is 36.7 Å². The zero-order chi connectivity index (χ0) is 16.3. The molecule has 1 aliphatic heterocycles. The molecular formula is C17H21N3O2S. The molecule has 2 aromatic rings. The van der Waals surface area contributed by atoms with Gasteiger partial charge in [-0.15, -0.1) is 0 Å². The highest BCUT2D eigenvalue weighted by atomic mass is 32.2. The minimum Gasteiger partial charge on any atom is -0.388 e. The summed E-state index contributed by atoms with van der Waals surface area (Å²) in [6.07, 6.45) is 5.19. The van der Waals surface area contributed by atoms with Gasteiger partial charge in [-0.2, -0.15) is 16.9 Å². The lowest BCUT2D eigenvalue weighted by molar-refractivity contribution is 0.0311. The van der Waals surface area contributed by atoms with E-state index in [1.807, 2.05) is 37.0 Å². The highest BCUT2D eigenvalue weighted by molar-refractivity contribution is 7.99. The molecule has 0 saturated carbocycles. The van der Waals surface area contributed by atoms with Crippen LogP contribution in [0.3, 0.4) is 0 Å². The van der Waals surface area contributed by atoms with E-state index < -0.39 is 5.60 Å². The van der Waals surface area contributed by atoms with Gasteiger partial charge in [-0.05, 0) is 61.1 Å². The fourth-order valence-electron chi connectivity index (χ4n) is 2.59.